The highest BCUT2D eigenvalue weighted by molar-refractivity contribution is 5.96. The third kappa shape index (κ3) is 2.28. The highest BCUT2D eigenvalue weighted by atomic mass is 16.1. The number of carbonyl (C=O) groups is 1. The van der Waals surface area contributed by atoms with Gasteiger partial charge in [0.25, 0.3) is 0 Å². The number of nitrogens with two attached hydrogens (primary N) is 1. The fourth-order valence-corrected chi connectivity index (χ4v) is 1.70. The molecule has 1 aromatic heterocycles. The average molecular weight is 228 g/mol. The summed E-state index contributed by atoms with van der Waals surface area (Å²) in [4.78, 5) is 15.5. The van der Waals surface area contributed by atoms with Crippen LogP contribution in [0.15, 0.2) is 30.5 Å². The van der Waals surface area contributed by atoms with Gasteiger partial charge in [0, 0.05) is 17.1 Å². The molecule has 2 aromatic rings. The van der Waals surface area contributed by atoms with Gasteiger partial charge in [-0.2, -0.15) is 0 Å². The molecule has 0 aliphatic heterocycles. The van der Waals surface area contributed by atoms with Gasteiger partial charge in [0.2, 0.25) is 5.91 Å². The number of hydrogen-bond acceptors (Lipinski definition) is 2. The first-order valence-corrected chi connectivity index (χ1v) is 5.58. The second-order valence-electron chi connectivity index (χ2n) is 5.25. The molecule has 3 heteroatoms. The SMILES string of the molecule is CC(C)(C)c1cnc2ccc(C(N)=O)cc2c1. The van der Waals surface area contributed by atoms with Crippen molar-refractivity contribution in [1.82, 2.24) is 4.98 Å². The van der Waals surface area contributed by atoms with Crippen LogP contribution in [0.2, 0.25) is 0 Å². The second kappa shape index (κ2) is 3.84. The van der Waals surface area contributed by atoms with E-state index in [-0.39, 0.29) is 5.41 Å². The Labute approximate surface area is 101 Å². The summed E-state index contributed by atoms with van der Waals surface area (Å²) in [5.74, 6) is -0.409. The maximum Gasteiger partial charge on any atom is 0.248 e. The summed E-state index contributed by atoms with van der Waals surface area (Å²) in [6, 6.07) is 7.38. The summed E-state index contributed by atoms with van der Waals surface area (Å²) in [6.45, 7) is 6.40. The molecule has 0 fully saturated rings. The average Bonchev–Trinajstić information content (AvgIpc) is 2.26. The molecule has 0 unspecified atom stereocenters. The smallest absolute Gasteiger partial charge is 0.248 e. The van der Waals surface area contributed by atoms with Crippen LogP contribution in [0.4, 0.5) is 0 Å². The lowest BCUT2D eigenvalue weighted by Gasteiger charge is -2.18. The first-order valence-electron chi connectivity index (χ1n) is 5.58. The molecule has 2 N–H and O–H groups in total. The van der Waals surface area contributed by atoms with Crippen molar-refractivity contribution in [2.45, 2.75) is 26.2 Å². The van der Waals surface area contributed by atoms with Crippen molar-refractivity contribution in [3.63, 3.8) is 0 Å². The minimum atomic E-state index is -0.409. The molecule has 0 aliphatic carbocycles. The van der Waals surface area contributed by atoms with Crippen molar-refractivity contribution in [3.05, 3.63) is 41.6 Å². The molecular weight excluding hydrogens is 212 g/mol. The van der Waals surface area contributed by atoms with Crippen LogP contribution in [0.5, 0.6) is 0 Å². The van der Waals surface area contributed by atoms with Crippen LogP contribution >= 0.6 is 0 Å². The van der Waals surface area contributed by atoms with E-state index in [1.54, 1.807) is 12.1 Å². The molecule has 0 bridgehead atoms. The van der Waals surface area contributed by atoms with Crippen molar-refractivity contribution in [2.75, 3.05) is 0 Å². The third-order valence-electron chi connectivity index (χ3n) is 2.83. The number of aromatic nitrogens is 1. The molecule has 0 aliphatic rings. The molecule has 1 heterocycles. The molecular formula is C14H16N2O. The zero-order valence-corrected chi connectivity index (χ0v) is 10.3. The zero-order chi connectivity index (χ0) is 12.6. The van der Waals surface area contributed by atoms with E-state index in [0.29, 0.717) is 5.56 Å². The summed E-state index contributed by atoms with van der Waals surface area (Å²) in [5.41, 5.74) is 7.86. The quantitative estimate of drug-likeness (QED) is 0.815. The van der Waals surface area contributed by atoms with E-state index >= 15 is 0 Å². The number of carbonyl (C=O) groups excluding carboxylic acids is 1. The van der Waals surface area contributed by atoms with E-state index in [9.17, 15) is 4.79 Å². The van der Waals surface area contributed by atoms with Gasteiger partial charge in [0.05, 0.1) is 5.52 Å². The number of pyridine rings is 1. The Hall–Kier alpha value is -1.90. The molecule has 0 radical (unpaired) electrons. The summed E-state index contributed by atoms with van der Waals surface area (Å²) in [6.07, 6.45) is 1.88. The highest BCUT2D eigenvalue weighted by Crippen LogP contribution is 2.24. The van der Waals surface area contributed by atoms with Gasteiger partial charge in [-0.05, 0) is 35.2 Å². The minimum absolute atomic E-state index is 0.0456. The Morgan fingerprint density at radius 1 is 1.24 bits per heavy atom. The summed E-state index contributed by atoms with van der Waals surface area (Å²) in [5, 5.41) is 0.953. The Bertz CT molecular complexity index is 582. The molecule has 1 aromatic carbocycles. The van der Waals surface area contributed by atoms with Gasteiger partial charge in [-0.15, -0.1) is 0 Å². The Morgan fingerprint density at radius 2 is 1.94 bits per heavy atom. The topological polar surface area (TPSA) is 56.0 Å². The van der Waals surface area contributed by atoms with Crippen LogP contribution < -0.4 is 5.73 Å². The van der Waals surface area contributed by atoms with Crippen molar-refractivity contribution in [1.29, 1.82) is 0 Å². The molecule has 17 heavy (non-hydrogen) atoms. The van der Waals surface area contributed by atoms with Crippen molar-refractivity contribution < 1.29 is 4.79 Å². The summed E-state index contributed by atoms with van der Waals surface area (Å²) >= 11 is 0. The Balaban J connectivity index is 2.62. The fraction of sp³-hybridized carbons (Fsp3) is 0.286. The van der Waals surface area contributed by atoms with Crippen LogP contribution in [0.1, 0.15) is 36.7 Å². The normalized spacial score (nSPS) is 11.7. The second-order valence-corrected chi connectivity index (χ2v) is 5.25. The number of rotatable bonds is 1. The summed E-state index contributed by atoms with van der Waals surface area (Å²) in [7, 11) is 0. The molecule has 1 amide bonds. The van der Waals surface area contributed by atoms with E-state index in [4.69, 9.17) is 5.73 Å². The monoisotopic (exact) mass is 228 g/mol. The van der Waals surface area contributed by atoms with Gasteiger partial charge < -0.3 is 5.73 Å². The molecule has 88 valence electrons. The number of benzene rings is 1. The molecule has 2 rings (SSSR count). The van der Waals surface area contributed by atoms with E-state index in [1.165, 1.54) is 0 Å². The van der Waals surface area contributed by atoms with Crippen LogP contribution in [-0.4, -0.2) is 10.9 Å². The maximum atomic E-state index is 11.1. The molecule has 0 spiro atoms. The maximum absolute atomic E-state index is 11.1. The van der Waals surface area contributed by atoms with E-state index in [2.05, 4.69) is 31.8 Å². The molecule has 3 nitrogen and oxygen atoms in total. The fourth-order valence-electron chi connectivity index (χ4n) is 1.70. The van der Waals surface area contributed by atoms with Gasteiger partial charge in [-0.1, -0.05) is 20.8 Å². The van der Waals surface area contributed by atoms with Crippen molar-refractivity contribution in [2.24, 2.45) is 5.73 Å². The lowest BCUT2D eigenvalue weighted by Crippen LogP contribution is -2.12. The lowest BCUT2D eigenvalue weighted by molar-refractivity contribution is 0.100. The number of nitrogens with zero attached hydrogens (tertiary/aromatic N) is 1. The lowest BCUT2D eigenvalue weighted by atomic mass is 9.87. The predicted molar refractivity (Wildman–Crippen MR) is 69.0 cm³/mol. The standard InChI is InChI=1S/C14H16N2O/c1-14(2,3)11-7-10-6-9(13(15)17)4-5-12(10)16-8-11/h4-8H,1-3H3,(H2,15,17). The zero-order valence-electron chi connectivity index (χ0n) is 10.3. The minimum Gasteiger partial charge on any atom is -0.366 e. The number of amides is 1. The van der Waals surface area contributed by atoms with Crippen LogP contribution in [-0.2, 0) is 5.41 Å². The Kier molecular flexibility index (Phi) is 2.62. The largest absolute Gasteiger partial charge is 0.366 e. The van der Waals surface area contributed by atoms with Crippen LogP contribution in [0.3, 0.4) is 0 Å². The molecule has 0 saturated heterocycles. The van der Waals surface area contributed by atoms with Gasteiger partial charge in [0.15, 0.2) is 0 Å². The number of primary amides is 1. The van der Waals surface area contributed by atoms with Gasteiger partial charge in [-0.3, -0.25) is 9.78 Å². The summed E-state index contributed by atoms with van der Waals surface area (Å²) < 4.78 is 0. The van der Waals surface area contributed by atoms with Crippen LogP contribution in [0.25, 0.3) is 10.9 Å². The van der Waals surface area contributed by atoms with Gasteiger partial charge >= 0.3 is 0 Å². The van der Waals surface area contributed by atoms with Gasteiger partial charge in [0.1, 0.15) is 0 Å². The first kappa shape index (κ1) is 11.6. The third-order valence-corrected chi connectivity index (χ3v) is 2.83. The predicted octanol–water partition coefficient (Wildman–Crippen LogP) is 2.63. The number of fused-ring (bicyclic) bond motifs is 1. The molecule has 0 saturated carbocycles. The molecule has 0 atom stereocenters. The van der Waals surface area contributed by atoms with Crippen LogP contribution in [0, 0.1) is 0 Å². The van der Waals surface area contributed by atoms with E-state index < -0.39 is 5.91 Å². The first-order chi connectivity index (χ1) is 7.88. The Morgan fingerprint density at radius 3 is 2.53 bits per heavy atom. The van der Waals surface area contributed by atoms with E-state index in [0.717, 1.165) is 16.5 Å². The van der Waals surface area contributed by atoms with E-state index in [1.807, 2.05) is 12.3 Å². The van der Waals surface area contributed by atoms with Gasteiger partial charge in [-0.25, -0.2) is 0 Å². The van der Waals surface area contributed by atoms with Crippen molar-refractivity contribution >= 4 is 16.8 Å². The highest BCUT2D eigenvalue weighted by Gasteiger charge is 2.14. The number of hydrogen-bond donors (Lipinski definition) is 1. The van der Waals surface area contributed by atoms with Crippen molar-refractivity contribution in [3.8, 4) is 0 Å².